The van der Waals surface area contributed by atoms with Crippen LogP contribution in [0.3, 0.4) is 0 Å². The highest BCUT2D eigenvalue weighted by Gasteiger charge is 2.09. The largest absolute Gasteiger partial charge is 0.489 e. The van der Waals surface area contributed by atoms with Gasteiger partial charge in [-0.3, -0.25) is 0 Å². The Hall–Kier alpha value is -1.52. The van der Waals surface area contributed by atoms with E-state index in [0.717, 1.165) is 5.82 Å². The molecule has 0 saturated heterocycles. The Balaban J connectivity index is 1.87. The van der Waals surface area contributed by atoms with E-state index in [9.17, 15) is 5.11 Å². The first-order valence-corrected chi connectivity index (χ1v) is 6.07. The van der Waals surface area contributed by atoms with Crippen LogP contribution in [-0.2, 0) is 6.54 Å². The third-order valence-corrected chi connectivity index (χ3v) is 2.91. The summed E-state index contributed by atoms with van der Waals surface area (Å²) in [5.41, 5.74) is 0. The molecule has 0 spiro atoms. The Morgan fingerprint density at radius 1 is 1.44 bits per heavy atom. The fraction of sp³-hybridized carbons (Fsp3) is 0.308. The summed E-state index contributed by atoms with van der Waals surface area (Å²) >= 11 is 5.95. The van der Waals surface area contributed by atoms with Crippen LogP contribution in [0.4, 0.5) is 0 Å². The Morgan fingerprint density at radius 3 is 2.89 bits per heavy atom. The number of rotatable bonds is 5. The predicted molar refractivity (Wildman–Crippen MR) is 69.9 cm³/mol. The average molecular weight is 267 g/mol. The van der Waals surface area contributed by atoms with Gasteiger partial charge in [0.2, 0.25) is 0 Å². The van der Waals surface area contributed by atoms with Gasteiger partial charge in [-0.05, 0) is 19.1 Å². The van der Waals surface area contributed by atoms with Crippen LogP contribution >= 0.6 is 11.6 Å². The lowest BCUT2D eigenvalue weighted by molar-refractivity contribution is 0.0920. The van der Waals surface area contributed by atoms with E-state index in [2.05, 4.69) is 4.98 Å². The van der Waals surface area contributed by atoms with Crippen LogP contribution in [0.15, 0.2) is 36.7 Å². The van der Waals surface area contributed by atoms with E-state index in [1.165, 1.54) is 0 Å². The number of para-hydroxylation sites is 1. The van der Waals surface area contributed by atoms with Crippen LogP contribution in [-0.4, -0.2) is 27.4 Å². The molecule has 1 aromatic heterocycles. The zero-order valence-electron chi connectivity index (χ0n) is 10.1. The molecule has 18 heavy (non-hydrogen) atoms. The number of aryl methyl sites for hydroxylation is 1. The summed E-state index contributed by atoms with van der Waals surface area (Å²) in [4.78, 5) is 4.09. The Bertz CT molecular complexity index is 513. The molecule has 2 aromatic rings. The fourth-order valence-electron chi connectivity index (χ4n) is 1.62. The van der Waals surface area contributed by atoms with Crippen LogP contribution in [0.2, 0.25) is 5.02 Å². The molecule has 1 heterocycles. The van der Waals surface area contributed by atoms with Gasteiger partial charge in [0, 0.05) is 12.4 Å². The average Bonchev–Trinajstić information content (AvgIpc) is 2.74. The van der Waals surface area contributed by atoms with Crippen LogP contribution < -0.4 is 4.74 Å². The van der Waals surface area contributed by atoms with Gasteiger partial charge >= 0.3 is 0 Å². The van der Waals surface area contributed by atoms with Gasteiger partial charge in [-0.15, -0.1) is 0 Å². The van der Waals surface area contributed by atoms with E-state index in [0.29, 0.717) is 17.3 Å². The number of aliphatic hydroxyl groups is 1. The van der Waals surface area contributed by atoms with Gasteiger partial charge in [-0.2, -0.15) is 0 Å². The molecular formula is C13H15ClN2O2. The van der Waals surface area contributed by atoms with E-state index in [4.69, 9.17) is 16.3 Å². The smallest absolute Gasteiger partial charge is 0.138 e. The minimum absolute atomic E-state index is 0.196. The number of hydrogen-bond donors (Lipinski definition) is 1. The third kappa shape index (κ3) is 3.24. The van der Waals surface area contributed by atoms with Crippen molar-refractivity contribution in [3.8, 4) is 5.75 Å². The molecule has 96 valence electrons. The molecule has 1 atom stereocenters. The lowest BCUT2D eigenvalue weighted by Gasteiger charge is -2.14. The highest BCUT2D eigenvalue weighted by Crippen LogP contribution is 2.23. The van der Waals surface area contributed by atoms with Gasteiger partial charge < -0.3 is 14.4 Å². The van der Waals surface area contributed by atoms with Gasteiger partial charge in [-0.1, -0.05) is 23.7 Å². The van der Waals surface area contributed by atoms with E-state index >= 15 is 0 Å². The highest BCUT2D eigenvalue weighted by atomic mass is 35.5. The minimum atomic E-state index is -0.603. The summed E-state index contributed by atoms with van der Waals surface area (Å²) in [6.45, 7) is 2.54. The van der Waals surface area contributed by atoms with E-state index < -0.39 is 6.10 Å². The quantitative estimate of drug-likeness (QED) is 0.903. The van der Waals surface area contributed by atoms with Crippen molar-refractivity contribution in [1.29, 1.82) is 0 Å². The molecule has 0 aliphatic rings. The summed E-state index contributed by atoms with van der Waals surface area (Å²) in [5, 5.41) is 10.4. The van der Waals surface area contributed by atoms with Crippen LogP contribution in [0, 0.1) is 6.92 Å². The molecule has 1 aromatic carbocycles. The molecule has 5 heteroatoms. The lowest BCUT2D eigenvalue weighted by atomic mass is 10.3. The minimum Gasteiger partial charge on any atom is -0.489 e. The summed E-state index contributed by atoms with van der Waals surface area (Å²) in [6.07, 6.45) is 2.93. The topological polar surface area (TPSA) is 47.3 Å². The highest BCUT2D eigenvalue weighted by molar-refractivity contribution is 6.32. The van der Waals surface area contributed by atoms with Gasteiger partial charge in [0.1, 0.15) is 24.3 Å². The second-order valence-electron chi connectivity index (χ2n) is 4.02. The normalized spacial score (nSPS) is 12.4. The second kappa shape index (κ2) is 5.89. The standard InChI is InChI=1S/C13H15ClN2O2/c1-10-15-6-7-16(10)8-11(17)9-18-13-5-3-2-4-12(13)14/h2-7,11,17H,8-9H2,1H3/t11-/m1/s1. The summed E-state index contributed by atoms with van der Waals surface area (Å²) in [6, 6.07) is 7.20. The van der Waals surface area contributed by atoms with Crippen molar-refractivity contribution in [3.63, 3.8) is 0 Å². The Morgan fingerprint density at radius 2 is 2.22 bits per heavy atom. The van der Waals surface area contributed by atoms with Gasteiger partial charge in [-0.25, -0.2) is 4.98 Å². The molecule has 0 saturated carbocycles. The van der Waals surface area contributed by atoms with Crippen LogP contribution in [0.1, 0.15) is 5.82 Å². The van der Waals surface area contributed by atoms with Gasteiger partial charge in [0.05, 0.1) is 11.6 Å². The number of imidazole rings is 1. The summed E-state index contributed by atoms with van der Waals surface area (Å²) in [7, 11) is 0. The van der Waals surface area contributed by atoms with E-state index in [-0.39, 0.29) is 6.61 Å². The molecule has 0 amide bonds. The van der Waals surface area contributed by atoms with Crippen molar-refractivity contribution >= 4 is 11.6 Å². The first-order chi connectivity index (χ1) is 8.66. The second-order valence-corrected chi connectivity index (χ2v) is 4.43. The molecule has 0 fully saturated rings. The van der Waals surface area contributed by atoms with Crippen molar-refractivity contribution < 1.29 is 9.84 Å². The lowest BCUT2D eigenvalue weighted by Crippen LogP contribution is -2.23. The Kier molecular flexibility index (Phi) is 4.23. The number of ether oxygens (including phenoxy) is 1. The van der Waals surface area contributed by atoms with Crippen LogP contribution in [0.5, 0.6) is 5.75 Å². The molecule has 0 radical (unpaired) electrons. The fourth-order valence-corrected chi connectivity index (χ4v) is 1.81. The van der Waals surface area contributed by atoms with Crippen molar-refractivity contribution in [3.05, 3.63) is 47.5 Å². The molecular weight excluding hydrogens is 252 g/mol. The third-order valence-electron chi connectivity index (χ3n) is 2.60. The van der Waals surface area contributed by atoms with E-state index in [1.54, 1.807) is 18.3 Å². The van der Waals surface area contributed by atoms with E-state index in [1.807, 2.05) is 29.8 Å². The van der Waals surface area contributed by atoms with Gasteiger partial charge in [0.25, 0.3) is 0 Å². The van der Waals surface area contributed by atoms with Crippen molar-refractivity contribution in [1.82, 2.24) is 9.55 Å². The van der Waals surface area contributed by atoms with Crippen molar-refractivity contribution in [2.24, 2.45) is 0 Å². The first-order valence-electron chi connectivity index (χ1n) is 5.70. The molecule has 1 N–H and O–H groups in total. The molecule has 0 bridgehead atoms. The molecule has 0 unspecified atom stereocenters. The monoisotopic (exact) mass is 266 g/mol. The maximum Gasteiger partial charge on any atom is 0.138 e. The van der Waals surface area contributed by atoms with Crippen molar-refractivity contribution in [2.75, 3.05) is 6.61 Å². The summed E-state index contributed by atoms with van der Waals surface area (Å²) < 4.78 is 7.35. The number of hydrogen-bond acceptors (Lipinski definition) is 3. The number of benzene rings is 1. The molecule has 0 aliphatic carbocycles. The molecule has 4 nitrogen and oxygen atoms in total. The number of nitrogens with zero attached hydrogens (tertiary/aromatic N) is 2. The maximum absolute atomic E-state index is 9.88. The zero-order chi connectivity index (χ0) is 13.0. The predicted octanol–water partition coefficient (Wildman–Crippen LogP) is 2.28. The van der Waals surface area contributed by atoms with Crippen LogP contribution in [0.25, 0.3) is 0 Å². The Labute approximate surface area is 111 Å². The molecule has 2 rings (SSSR count). The summed E-state index contributed by atoms with van der Waals surface area (Å²) in [5.74, 6) is 1.45. The number of aliphatic hydroxyl groups excluding tert-OH is 1. The maximum atomic E-state index is 9.88. The first kappa shape index (κ1) is 12.9. The zero-order valence-corrected chi connectivity index (χ0v) is 10.8. The number of halogens is 1. The van der Waals surface area contributed by atoms with Crippen molar-refractivity contribution in [2.45, 2.75) is 19.6 Å². The van der Waals surface area contributed by atoms with Gasteiger partial charge in [0.15, 0.2) is 0 Å². The SMILES string of the molecule is Cc1nccn1C[C@@H](O)COc1ccccc1Cl. The number of aromatic nitrogens is 2. The molecule has 0 aliphatic heterocycles.